The van der Waals surface area contributed by atoms with E-state index in [4.69, 9.17) is 0 Å². The van der Waals surface area contributed by atoms with Gasteiger partial charge < -0.3 is 19.4 Å². The van der Waals surface area contributed by atoms with Gasteiger partial charge in [0, 0.05) is 69.6 Å². The minimum absolute atomic E-state index is 0. The molecule has 0 fully saturated rings. The summed E-state index contributed by atoms with van der Waals surface area (Å²) in [5.74, 6) is 0. The van der Waals surface area contributed by atoms with Crippen LogP contribution in [0, 0.1) is 0 Å². The van der Waals surface area contributed by atoms with Crippen molar-refractivity contribution in [1.29, 1.82) is 0 Å². The van der Waals surface area contributed by atoms with E-state index in [1.807, 2.05) is 0 Å². The van der Waals surface area contributed by atoms with Crippen molar-refractivity contribution < 1.29 is 38.5 Å². The number of hydrogen-bond acceptors (Lipinski definition) is 10. The Morgan fingerprint density at radius 1 is 0.611 bits per heavy atom. The fourth-order valence-corrected chi connectivity index (χ4v) is 0.616. The van der Waals surface area contributed by atoms with Gasteiger partial charge in [0.2, 0.25) is 0 Å². The Labute approximate surface area is 146 Å². The van der Waals surface area contributed by atoms with Gasteiger partial charge in [-0.15, -0.1) is 0 Å². The molecule has 0 atom stereocenters. The molecule has 0 aliphatic rings. The van der Waals surface area contributed by atoms with E-state index >= 15 is 0 Å². The van der Waals surface area contributed by atoms with E-state index in [1.54, 1.807) is 0 Å². The SMILES string of the molecule is O=CON(CCN(OC=O)OC=O)OC=O.[Na].[Na]. The molecule has 0 bridgehead atoms. The van der Waals surface area contributed by atoms with Gasteiger partial charge in [0.1, 0.15) is 0 Å². The molecule has 18 heavy (non-hydrogen) atoms. The van der Waals surface area contributed by atoms with Crippen molar-refractivity contribution in [2.45, 2.75) is 0 Å². The average Bonchev–Trinajstić information content (AvgIpc) is 2.27. The number of carbonyl (C=O) groups excluding carboxylic acids is 4. The van der Waals surface area contributed by atoms with Crippen molar-refractivity contribution in [2.75, 3.05) is 13.1 Å². The van der Waals surface area contributed by atoms with Crippen LogP contribution in [0.3, 0.4) is 0 Å². The number of rotatable bonds is 11. The Kier molecular flexibility index (Phi) is 21.4. The van der Waals surface area contributed by atoms with Crippen LogP contribution in [0.15, 0.2) is 0 Å². The van der Waals surface area contributed by atoms with Gasteiger partial charge in [0.25, 0.3) is 0 Å². The zero-order chi connectivity index (χ0) is 12.2. The molecule has 0 saturated heterocycles. The average molecular weight is 282 g/mol. The molecule has 0 aromatic heterocycles. The van der Waals surface area contributed by atoms with E-state index in [2.05, 4.69) is 19.4 Å². The van der Waals surface area contributed by atoms with Crippen molar-refractivity contribution >= 4 is 85.0 Å². The summed E-state index contributed by atoms with van der Waals surface area (Å²) in [5, 5.41) is 0.963. The van der Waals surface area contributed by atoms with E-state index in [0.29, 0.717) is 10.5 Å². The first-order chi connectivity index (χ1) is 7.78. The molecule has 0 aromatic rings. The molecule has 0 saturated carbocycles. The molecule has 92 valence electrons. The standard InChI is InChI=1S/C6H8N2O8.2Na/c9-3-13-7(14-4-10)1-2-8(15-5-11)16-6-12;;/h3-6H,1-2H2;;. The second-order valence-corrected chi connectivity index (χ2v) is 1.92. The minimum Gasteiger partial charge on any atom is -0.336 e. The molecule has 0 aliphatic carbocycles. The predicted molar refractivity (Wildman–Crippen MR) is 53.5 cm³/mol. The van der Waals surface area contributed by atoms with E-state index in [0.717, 1.165) is 0 Å². The smallest absolute Gasteiger partial charge is 0.317 e. The maximum absolute atomic E-state index is 9.94. The van der Waals surface area contributed by atoms with E-state index < -0.39 is 0 Å². The van der Waals surface area contributed by atoms with Gasteiger partial charge in [-0.25, -0.2) is 0 Å². The Bertz CT molecular complexity index is 200. The number of hydroxylamine groups is 4. The molecule has 0 N–H and O–H groups in total. The van der Waals surface area contributed by atoms with Crippen LogP contribution in [0.1, 0.15) is 0 Å². The van der Waals surface area contributed by atoms with Crippen LogP contribution in [0.5, 0.6) is 0 Å². The van der Waals surface area contributed by atoms with Crippen LogP contribution in [-0.4, -0.2) is 109 Å². The quantitative estimate of drug-likeness (QED) is 0.223. The van der Waals surface area contributed by atoms with Gasteiger partial charge in [-0.1, -0.05) is 0 Å². The number of carbonyl (C=O) groups is 4. The summed E-state index contributed by atoms with van der Waals surface area (Å²) in [6.45, 7) is -0.410. The Balaban J connectivity index is -0.00000112. The second-order valence-electron chi connectivity index (χ2n) is 1.92. The van der Waals surface area contributed by atoms with Crippen LogP contribution in [-0.2, 0) is 38.5 Å². The summed E-state index contributed by atoms with van der Waals surface area (Å²) in [7, 11) is 0. The summed E-state index contributed by atoms with van der Waals surface area (Å²) < 4.78 is 0. The summed E-state index contributed by atoms with van der Waals surface area (Å²) >= 11 is 0. The number of hydrogen-bond donors (Lipinski definition) is 0. The zero-order valence-corrected chi connectivity index (χ0v) is 13.9. The summed E-state index contributed by atoms with van der Waals surface area (Å²) in [6.07, 6.45) is 0. The summed E-state index contributed by atoms with van der Waals surface area (Å²) in [4.78, 5) is 56.4. The zero-order valence-electron chi connectivity index (χ0n) is 9.88. The maximum atomic E-state index is 9.94. The first kappa shape index (κ1) is 22.9. The fourth-order valence-electron chi connectivity index (χ4n) is 0.616. The van der Waals surface area contributed by atoms with Crippen LogP contribution in [0.25, 0.3) is 0 Å². The molecule has 2 radical (unpaired) electrons. The van der Waals surface area contributed by atoms with Gasteiger partial charge in [0.05, 0.1) is 13.1 Å². The van der Waals surface area contributed by atoms with E-state index in [1.165, 1.54) is 0 Å². The largest absolute Gasteiger partial charge is 0.336 e. The third kappa shape index (κ3) is 12.3. The third-order valence-corrected chi connectivity index (χ3v) is 1.11. The third-order valence-electron chi connectivity index (χ3n) is 1.11. The van der Waals surface area contributed by atoms with Crippen molar-refractivity contribution in [1.82, 2.24) is 10.5 Å². The minimum atomic E-state index is -0.223. The normalized spacial score (nSPS) is 8.33. The molecule has 0 aromatic carbocycles. The summed E-state index contributed by atoms with van der Waals surface area (Å²) in [5.41, 5.74) is 0. The first-order valence-corrected chi connectivity index (χ1v) is 3.75. The first-order valence-electron chi connectivity index (χ1n) is 3.75. The number of nitrogens with zero attached hydrogens (tertiary/aromatic N) is 2. The van der Waals surface area contributed by atoms with Gasteiger partial charge in [0.15, 0.2) is 0 Å². The monoisotopic (exact) mass is 282 g/mol. The van der Waals surface area contributed by atoms with E-state index in [-0.39, 0.29) is 98.1 Å². The molecule has 0 amide bonds. The van der Waals surface area contributed by atoms with Crippen molar-refractivity contribution in [3.05, 3.63) is 0 Å². The topological polar surface area (TPSA) is 112 Å². The molecular weight excluding hydrogens is 274 g/mol. The molecule has 10 nitrogen and oxygen atoms in total. The fraction of sp³-hybridized carbons (Fsp3) is 0.333. The van der Waals surface area contributed by atoms with Crippen LogP contribution >= 0.6 is 0 Å². The molecular formula is C6H8N2Na2O8. The Hall–Kier alpha value is -0.200. The molecule has 0 rings (SSSR count). The molecule has 0 unspecified atom stereocenters. The van der Waals surface area contributed by atoms with Gasteiger partial charge in [-0.05, 0) is 0 Å². The molecule has 0 heterocycles. The Morgan fingerprint density at radius 3 is 1.00 bits per heavy atom. The van der Waals surface area contributed by atoms with Crippen LogP contribution in [0.4, 0.5) is 0 Å². The van der Waals surface area contributed by atoms with Gasteiger partial charge in [-0.2, -0.15) is 0 Å². The predicted octanol–water partition coefficient (Wildman–Crippen LogP) is -2.82. The Morgan fingerprint density at radius 2 is 0.833 bits per heavy atom. The molecule has 0 spiro atoms. The van der Waals surface area contributed by atoms with Crippen LogP contribution < -0.4 is 0 Å². The second kappa shape index (κ2) is 16.8. The van der Waals surface area contributed by atoms with E-state index in [9.17, 15) is 19.2 Å². The van der Waals surface area contributed by atoms with Crippen molar-refractivity contribution in [2.24, 2.45) is 0 Å². The van der Waals surface area contributed by atoms with Gasteiger partial charge in [-0.3, -0.25) is 19.2 Å². The maximum Gasteiger partial charge on any atom is 0.317 e. The van der Waals surface area contributed by atoms with Crippen molar-refractivity contribution in [3.63, 3.8) is 0 Å². The van der Waals surface area contributed by atoms with Crippen LogP contribution in [0.2, 0.25) is 0 Å². The summed E-state index contributed by atoms with van der Waals surface area (Å²) in [6, 6.07) is 0. The van der Waals surface area contributed by atoms with Crippen molar-refractivity contribution in [3.8, 4) is 0 Å². The van der Waals surface area contributed by atoms with Gasteiger partial charge >= 0.3 is 25.9 Å². The molecule has 12 heteroatoms. The molecule has 0 aliphatic heterocycles.